The number of phosphoric ester groups is 3. The molecule has 0 bridgehead atoms. The third kappa shape index (κ3) is 14.1. The Bertz CT molecular complexity index is 2180. The molecule has 2 unspecified atom stereocenters. The van der Waals surface area contributed by atoms with Gasteiger partial charge < -0.3 is 50.9 Å². The molecule has 0 radical (unpaired) electrons. The number of aliphatic hydroxyl groups excluding tert-OH is 2. The number of benzene rings is 1. The van der Waals surface area contributed by atoms with Crippen molar-refractivity contribution in [3.63, 3.8) is 0 Å². The minimum atomic E-state index is -5.60. The molecule has 1 aromatic carbocycles. The van der Waals surface area contributed by atoms with E-state index in [0.717, 1.165) is 29.0 Å². The first-order valence-corrected chi connectivity index (χ1v) is 22.7. The van der Waals surface area contributed by atoms with Crippen LogP contribution in [0.1, 0.15) is 32.1 Å². The summed E-state index contributed by atoms with van der Waals surface area (Å²) in [5.74, 6) is -1.35. The monoisotopic (exact) mass is 930 g/mol. The van der Waals surface area contributed by atoms with Crippen LogP contribution in [0.3, 0.4) is 0 Å². The zero-order chi connectivity index (χ0) is 44.6. The lowest BCUT2D eigenvalue weighted by molar-refractivity contribution is -0.384. The molecule has 3 heterocycles. The quantitative estimate of drug-likeness (QED) is 0.0273. The van der Waals surface area contributed by atoms with Gasteiger partial charge in [0.2, 0.25) is 11.8 Å². The molecule has 1 saturated heterocycles. The molecule has 1 fully saturated rings. The van der Waals surface area contributed by atoms with E-state index in [2.05, 4.69) is 34.4 Å². The molecule has 332 valence electrons. The van der Waals surface area contributed by atoms with E-state index >= 15 is 0 Å². The van der Waals surface area contributed by atoms with Gasteiger partial charge in [-0.2, -0.15) is 4.31 Å². The number of nitrogens with zero attached hydrogens (tertiary/aromatic N) is 5. The fourth-order valence-corrected chi connectivity index (χ4v) is 8.78. The predicted molar refractivity (Wildman–Crippen MR) is 204 cm³/mol. The molecule has 7 atom stereocenters. The summed E-state index contributed by atoms with van der Waals surface area (Å²) >= 11 is 0.942. The molecule has 0 aliphatic carbocycles. The van der Waals surface area contributed by atoms with Crippen LogP contribution < -0.4 is 16.4 Å². The standard InChI is InChI=1S/C29H41N8O19P3S/c1-29(2,24(41)27(42)32-8-7-19(38)31-9-10-60-20(39)11-16-3-5-17(6-4-16)37(43)44)13-53-59(50,51)56-58(48,49)52-12-18-23(55-57(45,46)47)22(40)28(54-18)36-15-35-21-25(30)33-14-34-26(21)36/h3-6,14-15,18,22-24,28,40-41H,7-13H2,1-2H3,(H,31,38)(H,32,42)(H,48,49)(H,50,51)(H2,30,33,34)(H2,45,46,47)/t18-,22-,23-,24+,28-/m1/s1. The van der Waals surface area contributed by atoms with Crippen LogP contribution in [0.25, 0.3) is 11.2 Å². The number of ether oxygens (including phenoxy) is 1. The molecule has 27 nitrogen and oxygen atoms in total. The number of nitrogen functional groups attached to an aromatic ring is 1. The number of carbonyl (C=O) groups is 3. The number of nitrogens with two attached hydrogens (primary N) is 1. The second-order valence-corrected chi connectivity index (χ2v) is 18.8. The second-order valence-electron chi connectivity index (χ2n) is 13.4. The van der Waals surface area contributed by atoms with Crippen LogP contribution in [0.15, 0.2) is 36.9 Å². The summed E-state index contributed by atoms with van der Waals surface area (Å²) in [5.41, 5.74) is 4.68. The highest BCUT2D eigenvalue weighted by Gasteiger charge is 2.50. The van der Waals surface area contributed by atoms with E-state index in [4.69, 9.17) is 19.5 Å². The maximum absolute atomic E-state index is 12.7. The summed E-state index contributed by atoms with van der Waals surface area (Å²) in [7, 11) is -16.5. The minimum Gasteiger partial charge on any atom is -0.386 e. The number of non-ortho nitro benzene ring substituents is 1. The van der Waals surface area contributed by atoms with Crippen LogP contribution >= 0.6 is 35.2 Å². The van der Waals surface area contributed by atoms with Crippen molar-refractivity contribution in [2.45, 2.75) is 57.3 Å². The molecule has 31 heteroatoms. The number of nitro benzene ring substituents is 1. The van der Waals surface area contributed by atoms with Crippen molar-refractivity contribution in [3.05, 3.63) is 52.6 Å². The summed E-state index contributed by atoms with van der Waals surface area (Å²) < 4.78 is 62.1. The minimum absolute atomic E-state index is 0.0185. The van der Waals surface area contributed by atoms with Gasteiger partial charge in [0.25, 0.3) is 5.69 Å². The lowest BCUT2D eigenvalue weighted by Gasteiger charge is -2.30. The maximum Gasteiger partial charge on any atom is 0.481 e. The summed E-state index contributed by atoms with van der Waals surface area (Å²) in [5, 5.41) is 36.8. The molecular formula is C29H41N8O19P3S. The van der Waals surface area contributed by atoms with E-state index in [1.165, 1.54) is 38.1 Å². The summed E-state index contributed by atoms with van der Waals surface area (Å²) in [6.07, 6.45) is -7.07. The van der Waals surface area contributed by atoms with Gasteiger partial charge in [-0.05, 0) is 5.56 Å². The number of phosphoric acid groups is 3. The predicted octanol–water partition coefficient (Wildman–Crippen LogP) is -0.184. The summed E-state index contributed by atoms with van der Waals surface area (Å²) in [4.78, 5) is 98.1. The van der Waals surface area contributed by atoms with Crippen LogP contribution in [0.5, 0.6) is 0 Å². The number of thioether (sulfide) groups is 1. The third-order valence-electron chi connectivity index (χ3n) is 8.26. The van der Waals surface area contributed by atoms with Crippen LogP contribution in [0.4, 0.5) is 11.5 Å². The van der Waals surface area contributed by atoms with Gasteiger partial charge in [0.15, 0.2) is 22.8 Å². The average molecular weight is 931 g/mol. The first-order valence-electron chi connectivity index (χ1n) is 17.2. The Labute approximate surface area is 342 Å². The van der Waals surface area contributed by atoms with Crippen LogP contribution in [0, 0.1) is 15.5 Å². The van der Waals surface area contributed by atoms with E-state index < -0.39 is 89.5 Å². The van der Waals surface area contributed by atoms with E-state index in [0.29, 0.717) is 5.56 Å². The molecule has 0 spiro atoms. The van der Waals surface area contributed by atoms with Gasteiger partial charge >= 0.3 is 23.5 Å². The maximum atomic E-state index is 12.7. The summed E-state index contributed by atoms with van der Waals surface area (Å²) in [6.45, 7) is 0.241. The highest BCUT2D eigenvalue weighted by atomic mass is 32.2. The number of hydrogen-bond donors (Lipinski definition) is 9. The number of imidazole rings is 1. The Balaban J connectivity index is 1.20. The SMILES string of the molecule is CC(C)(COP(=O)(O)OP(=O)(O)OC[C@H]1O[C@@H](n2cnc3c(N)ncnc32)[C@H](O)[C@@H]1OP(=O)(O)O)[C@@H](O)C(=O)NCCC(=O)NCCSC(=O)Cc1ccc([N+](=O)[O-])cc1. The normalized spacial score (nSPS) is 20.9. The molecule has 60 heavy (non-hydrogen) atoms. The van der Waals surface area contributed by atoms with Crippen LogP contribution in [-0.4, -0.2) is 128 Å². The van der Waals surface area contributed by atoms with Crippen molar-refractivity contribution in [2.75, 3.05) is 37.8 Å². The number of rotatable bonds is 22. The van der Waals surface area contributed by atoms with E-state index in [-0.39, 0.29) is 59.5 Å². The first kappa shape index (κ1) is 48.8. The number of nitro groups is 1. The van der Waals surface area contributed by atoms with Crippen molar-refractivity contribution in [1.29, 1.82) is 0 Å². The van der Waals surface area contributed by atoms with Gasteiger partial charge in [0.05, 0.1) is 24.5 Å². The number of nitrogens with one attached hydrogen (secondary N) is 2. The molecule has 4 rings (SSSR count). The molecule has 10 N–H and O–H groups in total. The van der Waals surface area contributed by atoms with Gasteiger partial charge in [-0.3, -0.25) is 42.6 Å². The van der Waals surface area contributed by atoms with Crippen molar-refractivity contribution in [1.82, 2.24) is 30.2 Å². The third-order valence-corrected chi connectivity index (χ3v) is 12.2. The zero-order valence-corrected chi connectivity index (χ0v) is 34.9. The fraction of sp³-hybridized carbons (Fsp3) is 0.517. The number of amides is 2. The van der Waals surface area contributed by atoms with E-state index in [9.17, 15) is 68.0 Å². The molecule has 1 aliphatic rings. The number of hydrogen-bond acceptors (Lipinski definition) is 20. The number of fused-ring (bicyclic) bond motifs is 1. The zero-order valence-electron chi connectivity index (χ0n) is 31.4. The number of carbonyl (C=O) groups excluding carboxylic acids is 3. The second kappa shape index (κ2) is 20.4. The van der Waals surface area contributed by atoms with E-state index in [1.54, 1.807) is 0 Å². The van der Waals surface area contributed by atoms with Crippen LogP contribution in [-0.2, 0) is 57.1 Å². The molecule has 0 saturated carbocycles. The van der Waals surface area contributed by atoms with Crippen molar-refractivity contribution >= 4 is 74.8 Å². The van der Waals surface area contributed by atoms with Gasteiger partial charge in [-0.25, -0.2) is 28.6 Å². The number of aliphatic hydroxyl groups is 2. The molecule has 2 amide bonds. The Morgan fingerprint density at radius 1 is 1.05 bits per heavy atom. The lowest BCUT2D eigenvalue weighted by Crippen LogP contribution is -2.46. The van der Waals surface area contributed by atoms with Crippen molar-refractivity contribution < 1.29 is 85.4 Å². The Kier molecular flexibility index (Phi) is 16.6. The first-order chi connectivity index (χ1) is 27.9. The number of aromatic nitrogens is 4. The van der Waals surface area contributed by atoms with Gasteiger partial charge in [0.1, 0.15) is 36.3 Å². The smallest absolute Gasteiger partial charge is 0.386 e. The Morgan fingerprint density at radius 3 is 2.37 bits per heavy atom. The Morgan fingerprint density at radius 2 is 1.72 bits per heavy atom. The fourth-order valence-electron chi connectivity index (χ4n) is 5.25. The summed E-state index contributed by atoms with van der Waals surface area (Å²) in [6, 6.07) is 5.51. The molecule has 3 aromatic rings. The van der Waals surface area contributed by atoms with Crippen LogP contribution in [0.2, 0.25) is 0 Å². The average Bonchev–Trinajstić information content (AvgIpc) is 3.71. The van der Waals surface area contributed by atoms with Gasteiger partial charge in [-0.15, -0.1) is 0 Å². The van der Waals surface area contributed by atoms with Crippen molar-refractivity contribution in [3.8, 4) is 0 Å². The molecular weight excluding hydrogens is 889 g/mol. The van der Waals surface area contributed by atoms with Gasteiger partial charge in [-0.1, -0.05) is 37.7 Å². The molecule has 1 aliphatic heterocycles. The highest BCUT2D eigenvalue weighted by molar-refractivity contribution is 8.13. The van der Waals surface area contributed by atoms with Gasteiger partial charge in [0, 0.05) is 49.2 Å². The lowest BCUT2D eigenvalue weighted by atomic mass is 9.87. The topological polar surface area (TPSA) is 407 Å². The highest BCUT2D eigenvalue weighted by Crippen LogP contribution is 2.61. The van der Waals surface area contributed by atoms with E-state index in [1.807, 2.05) is 0 Å². The largest absolute Gasteiger partial charge is 0.481 e. The number of anilines is 1. The van der Waals surface area contributed by atoms with Crippen molar-refractivity contribution in [2.24, 2.45) is 5.41 Å². The Hall–Kier alpha value is -3.82. The molecule has 2 aromatic heterocycles.